The first-order chi connectivity index (χ1) is 13.5. The molecule has 29 heavy (non-hydrogen) atoms. The third kappa shape index (κ3) is 6.90. The predicted molar refractivity (Wildman–Crippen MR) is 107 cm³/mol. The van der Waals surface area contributed by atoms with Crippen molar-refractivity contribution in [3.8, 4) is 5.75 Å². The standard InChI is InChI=1S/C19H29N3O6S/c1-5-27-15-6-8-16(9-7-15)29(25,26)21-20-17(23)14-10-12-22(13-11-14)18(24)28-19(2,3)4/h6-9,14,21H,5,10-13H2,1-4H3,(H,20,23). The van der Waals surface area contributed by atoms with Crippen molar-refractivity contribution >= 4 is 22.0 Å². The summed E-state index contributed by atoms with van der Waals surface area (Å²) in [4.78, 5) is 28.1. The van der Waals surface area contributed by atoms with Crippen molar-refractivity contribution in [2.45, 2.75) is 51.0 Å². The van der Waals surface area contributed by atoms with E-state index in [-0.39, 0.29) is 4.90 Å². The van der Waals surface area contributed by atoms with Gasteiger partial charge in [0.1, 0.15) is 11.4 Å². The van der Waals surface area contributed by atoms with Crippen LogP contribution in [0.25, 0.3) is 0 Å². The number of ether oxygens (including phenoxy) is 2. The summed E-state index contributed by atoms with van der Waals surface area (Å²) in [6.45, 7) is 8.44. The van der Waals surface area contributed by atoms with E-state index in [2.05, 4.69) is 10.3 Å². The molecule has 162 valence electrons. The van der Waals surface area contributed by atoms with Gasteiger partial charge in [0.15, 0.2) is 0 Å². The topological polar surface area (TPSA) is 114 Å². The van der Waals surface area contributed by atoms with E-state index in [0.29, 0.717) is 38.3 Å². The van der Waals surface area contributed by atoms with Gasteiger partial charge >= 0.3 is 6.09 Å². The zero-order chi connectivity index (χ0) is 21.7. The van der Waals surface area contributed by atoms with Crippen LogP contribution in [0.3, 0.4) is 0 Å². The minimum Gasteiger partial charge on any atom is -0.494 e. The van der Waals surface area contributed by atoms with Crippen LogP contribution >= 0.6 is 0 Å². The van der Waals surface area contributed by atoms with Crippen molar-refractivity contribution in [1.29, 1.82) is 0 Å². The van der Waals surface area contributed by atoms with Gasteiger partial charge in [-0.05, 0) is 64.8 Å². The van der Waals surface area contributed by atoms with Gasteiger partial charge in [-0.2, -0.15) is 0 Å². The normalized spacial score (nSPS) is 15.7. The van der Waals surface area contributed by atoms with Gasteiger partial charge in [0.05, 0.1) is 11.5 Å². The molecule has 1 saturated heterocycles. The molecule has 1 aromatic rings. The molecule has 1 aliphatic heterocycles. The van der Waals surface area contributed by atoms with Crippen molar-refractivity contribution in [2.24, 2.45) is 5.92 Å². The van der Waals surface area contributed by atoms with Crippen molar-refractivity contribution in [2.75, 3.05) is 19.7 Å². The Labute approximate surface area is 171 Å². The molecule has 2 amide bonds. The molecular weight excluding hydrogens is 398 g/mol. The van der Waals surface area contributed by atoms with Crippen LogP contribution in [-0.2, 0) is 19.6 Å². The van der Waals surface area contributed by atoms with Gasteiger partial charge in [-0.25, -0.2) is 13.2 Å². The highest BCUT2D eigenvalue weighted by Gasteiger charge is 2.30. The number of carbonyl (C=O) groups excluding carboxylic acids is 2. The third-order valence-corrected chi connectivity index (χ3v) is 5.53. The Morgan fingerprint density at radius 2 is 1.72 bits per heavy atom. The molecule has 0 spiro atoms. The summed E-state index contributed by atoms with van der Waals surface area (Å²) in [6, 6.07) is 5.90. The highest BCUT2D eigenvalue weighted by Crippen LogP contribution is 2.20. The number of sulfonamides is 1. The lowest BCUT2D eigenvalue weighted by Crippen LogP contribution is -2.48. The van der Waals surface area contributed by atoms with E-state index in [1.54, 1.807) is 37.8 Å². The third-order valence-electron chi connectivity index (χ3n) is 4.27. The average Bonchev–Trinajstić information content (AvgIpc) is 2.66. The number of hydrogen-bond donors (Lipinski definition) is 2. The first-order valence-electron chi connectivity index (χ1n) is 9.54. The van der Waals surface area contributed by atoms with Crippen molar-refractivity contribution in [3.63, 3.8) is 0 Å². The van der Waals surface area contributed by atoms with Crippen LogP contribution < -0.4 is 15.0 Å². The summed E-state index contributed by atoms with van der Waals surface area (Å²) in [5.41, 5.74) is 1.69. The smallest absolute Gasteiger partial charge is 0.410 e. The van der Waals surface area contributed by atoms with E-state index in [0.717, 1.165) is 0 Å². The van der Waals surface area contributed by atoms with Gasteiger partial charge in [-0.1, -0.05) is 0 Å². The Bertz CT molecular complexity index is 809. The first-order valence-corrected chi connectivity index (χ1v) is 11.0. The molecule has 1 aromatic carbocycles. The Morgan fingerprint density at radius 3 is 2.24 bits per heavy atom. The number of piperidine rings is 1. The zero-order valence-corrected chi connectivity index (χ0v) is 18.0. The quantitative estimate of drug-likeness (QED) is 0.672. The molecule has 2 rings (SSSR count). The minimum atomic E-state index is -3.89. The second-order valence-electron chi connectivity index (χ2n) is 7.74. The molecule has 10 heteroatoms. The summed E-state index contributed by atoms with van der Waals surface area (Å²) in [5.74, 6) is -0.257. The number of hydrogen-bond acceptors (Lipinski definition) is 6. The fourth-order valence-corrected chi connectivity index (χ4v) is 3.66. The maximum absolute atomic E-state index is 12.3. The molecule has 2 N–H and O–H groups in total. The Kier molecular flexibility index (Phi) is 7.48. The summed E-state index contributed by atoms with van der Waals surface area (Å²) in [7, 11) is -3.89. The Hall–Kier alpha value is -2.33. The van der Waals surface area contributed by atoms with E-state index in [9.17, 15) is 18.0 Å². The van der Waals surface area contributed by atoms with Crippen LogP contribution in [0, 0.1) is 5.92 Å². The van der Waals surface area contributed by atoms with Crippen molar-refractivity contribution in [3.05, 3.63) is 24.3 Å². The fourth-order valence-electron chi connectivity index (χ4n) is 2.81. The number of hydrazine groups is 1. The highest BCUT2D eigenvalue weighted by molar-refractivity contribution is 7.89. The molecule has 0 bridgehead atoms. The number of rotatable bonds is 6. The predicted octanol–water partition coefficient (Wildman–Crippen LogP) is 2.04. The van der Waals surface area contributed by atoms with Crippen molar-refractivity contribution < 1.29 is 27.5 Å². The summed E-state index contributed by atoms with van der Waals surface area (Å²) < 4.78 is 35.3. The number of carbonyl (C=O) groups is 2. The number of amides is 2. The number of likely N-dealkylation sites (tertiary alicyclic amines) is 1. The highest BCUT2D eigenvalue weighted by atomic mass is 32.2. The van der Waals surface area contributed by atoms with Crippen LogP contribution in [0.1, 0.15) is 40.5 Å². The van der Waals surface area contributed by atoms with Gasteiger partial charge in [0.25, 0.3) is 10.0 Å². The van der Waals surface area contributed by atoms with E-state index in [1.807, 2.05) is 6.92 Å². The van der Waals surface area contributed by atoms with Gasteiger partial charge in [-0.15, -0.1) is 4.83 Å². The lowest BCUT2D eigenvalue weighted by molar-refractivity contribution is -0.127. The van der Waals surface area contributed by atoms with Gasteiger partial charge in [-0.3, -0.25) is 10.2 Å². The lowest BCUT2D eigenvalue weighted by Gasteiger charge is -2.32. The number of nitrogens with one attached hydrogen (secondary N) is 2. The van der Waals surface area contributed by atoms with Crippen molar-refractivity contribution in [1.82, 2.24) is 15.2 Å². The Morgan fingerprint density at radius 1 is 1.14 bits per heavy atom. The largest absolute Gasteiger partial charge is 0.494 e. The van der Waals surface area contributed by atoms with Crippen LogP contribution in [0.15, 0.2) is 29.2 Å². The molecular formula is C19H29N3O6S. The lowest BCUT2D eigenvalue weighted by atomic mass is 9.96. The SMILES string of the molecule is CCOc1ccc(S(=O)(=O)NNC(=O)C2CCN(C(=O)OC(C)(C)C)CC2)cc1. The molecule has 0 aromatic heterocycles. The van der Waals surface area contributed by atoms with Crippen LogP contribution in [-0.4, -0.2) is 50.6 Å². The second kappa shape index (κ2) is 9.45. The zero-order valence-electron chi connectivity index (χ0n) is 17.2. The van der Waals surface area contributed by atoms with Gasteiger partial charge < -0.3 is 14.4 Å². The molecule has 0 unspecified atom stereocenters. The summed E-state index contributed by atoms with van der Waals surface area (Å²) in [5, 5.41) is 0. The van der Waals surface area contributed by atoms with Gasteiger partial charge in [0.2, 0.25) is 5.91 Å². The minimum absolute atomic E-state index is 0.0148. The molecule has 9 nitrogen and oxygen atoms in total. The molecule has 1 fully saturated rings. The average molecular weight is 428 g/mol. The fraction of sp³-hybridized carbons (Fsp3) is 0.579. The molecule has 0 saturated carbocycles. The van der Waals surface area contributed by atoms with E-state index in [4.69, 9.17) is 9.47 Å². The summed E-state index contributed by atoms with van der Waals surface area (Å²) in [6.07, 6.45) is 0.443. The molecule has 0 atom stereocenters. The molecule has 1 aliphatic rings. The van der Waals surface area contributed by atoms with Crippen LogP contribution in [0.4, 0.5) is 4.79 Å². The maximum Gasteiger partial charge on any atom is 0.410 e. The second-order valence-corrected chi connectivity index (χ2v) is 9.42. The maximum atomic E-state index is 12.3. The first kappa shape index (κ1) is 23.0. The van der Waals surface area contributed by atoms with E-state index < -0.39 is 33.5 Å². The monoisotopic (exact) mass is 427 g/mol. The summed E-state index contributed by atoms with van der Waals surface area (Å²) >= 11 is 0. The van der Waals surface area contributed by atoms with Crippen LogP contribution in [0.2, 0.25) is 0 Å². The van der Waals surface area contributed by atoms with Crippen LogP contribution in [0.5, 0.6) is 5.75 Å². The van der Waals surface area contributed by atoms with E-state index in [1.165, 1.54) is 12.1 Å². The molecule has 0 aliphatic carbocycles. The number of benzene rings is 1. The molecule has 1 heterocycles. The Balaban J connectivity index is 1.84. The van der Waals surface area contributed by atoms with E-state index >= 15 is 0 Å². The number of nitrogens with zero attached hydrogens (tertiary/aromatic N) is 1. The van der Waals surface area contributed by atoms with Gasteiger partial charge in [0, 0.05) is 19.0 Å². The molecule has 0 radical (unpaired) electrons.